The van der Waals surface area contributed by atoms with Crippen molar-refractivity contribution in [1.82, 2.24) is 14.8 Å². The highest BCUT2D eigenvalue weighted by atomic mass is 16.3. The Hall–Kier alpha value is -3.90. The third-order valence-electron chi connectivity index (χ3n) is 5.37. The number of fused-ring (bicyclic) bond motifs is 1. The van der Waals surface area contributed by atoms with Crippen molar-refractivity contribution in [3.05, 3.63) is 95.1 Å². The fourth-order valence-corrected chi connectivity index (χ4v) is 3.89. The number of aliphatic imine (C=N–C) groups is 1. The van der Waals surface area contributed by atoms with Gasteiger partial charge in [-0.2, -0.15) is 0 Å². The fourth-order valence-electron chi connectivity index (χ4n) is 3.89. The molecule has 0 spiro atoms. The Kier molecular flexibility index (Phi) is 7.54. The molecule has 0 radical (unpaired) electrons. The van der Waals surface area contributed by atoms with Crippen molar-refractivity contribution < 1.29 is 9.90 Å². The molecule has 0 aliphatic heterocycles. The highest BCUT2D eigenvalue weighted by Crippen LogP contribution is 2.32. The number of aromatic hydroxyl groups is 1. The maximum Gasteiger partial charge on any atom is 0.253 e. The zero-order valence-corrected chi connectivity index (χ0v) is 19.3. The van der Waals surface area contributed by atoms with Gasteiger partial charge in [-0.1, -0.05) is 56.0 Å². The minimum Gasteiger partial charge on any atom is -0.494 e. The van der Waals surface area contributed by atoms with Crippen LogP contribution in [0.15, 0.2) is 77.8 Å². The molecule has 4 rings (SSSR count). The van der Waals surface area contributed by atoms with Crippen LogP contribution in [0, 0.1) is 0 Å². The molecule has 1 amide bonds. The van der Waals surface area contributed by atoms with Crippen molar-refractivity contribution in [2.45, 2.75) is 14.0 Å². The second kappa shape index (κ2) is 10.4. The molecule has 6 nitrogen and oxygen atoms in total. The highest BCUT2D eigenvalue weighted by molar-refractivity contribution is 6.22. The molecule has 0 unspecified atom stereocenters. The van der Waals surface area contributed by atoms with Gasteiger partial charge in [0, 0.05) is 42.7 Å². The van der Waals surface area contributed by atoms with Crippen molar-refractivity contribution in [1.29, 1.82) is 0 Å². The molecule has 0 atom stereocenters. The Bertz CT molecular complexity index is 1320. The number of carbonyl (C=O) groups is 1. The van der Waals surface area contributed by atoms with E-state index in [9.17, 15) is 9.90 Å². The molecule has 0 bridgehead atoms. The monoisotopic (exact) mass is 456 g/mol. The number of nitrogens with one attached hydrogen (secondary N) is 1. The summed E-state index contributed by atoms with van der Waals surface area (Å²) in [6.45, 7) is 0.811. The third-order valence-corrected chi connectivity index (χ3v) is 5.37. The van der Waals surface area contributed by atoms with Crippen LogP contribution < -0.4 is 0 Å². The van der Waals surface area contributed by atoms with Gasteiger partial charge in [-0.3, -0.25) is 4.79 Å². The van der Waals surface area contributed by atoms with Crippen molar-refractivity contribution in [3.63, 3.8) is 0 Å². The van der Waals surface area contributed by atoms with Crippen LogP contribution in [0.5, 0.6) is 5.88 Å². The second-order valence-corrected chi connectivity index (χ2v) is 8.54. The van der Waals surface area contributed by atoms with E-state index < -0.39 is 0 Å². The van der Waals surface area contributed by atoms with E-state index in [1.807, 2.05) is 62.6 Å². The van der Waals surface area contributed by atoms with E-state index in [-0.39, 0.29) is 19.2 Å². The topological polar surface area (TPSA) is 71.9 Å². The van der Waals surface area contributed by atoms with E-state index in [1.165, 1.54) is 4.90 Å². The predicted molar refractivity (Wildman–Crippen MR) is 140 cm³/mol. The summed E-state index contributed by atoms with van der Waals surface area (Å²) in [5.74, 6) is -0.0753. The standard InChI is InChI=1S/C27H28N4O2.CH4/c1-30(2)17-18-9-8-12-21(15-18)28-25(19-10-6-5-7-11-19)24-22-14-13-20(27(33)31(3)4)16-23(22)29-26(24)32;/h5-16,29,32H,17H2,1-4H3;1H4. The van der Waals surface area contributed by atoms with Crippen molar-refractivity contribution in [2.75, 3.05) is 28.2 Å². The van der Waals surface area contributed by atoms with E-state index in [2.05, 4.69) is 22.0 Å². The smallest absolute Gasteiger partial charge is 0.253 e. The number of benzene rings is 3. The van der Waals surface area contributed by atoms with E-state index in [0.29, 0.717) is 22.4 Å². The number of aromatic nitrogens is 1. The largest absolute Gasteiger partial charge is 0.494 e. The summed E-state index contributed by atoms with van der Waals surface area (Å²) < 4.78 is 0. The Labute approximate surface area is 201 Å². The molecule has 1 aromatic heterocycles. The number of aromatic amines is 1. The van der Waals surface area contributed by atoms with E-state index in [0.717, 1.165) is 28.7 Å². The van der Waals surface area contributed by atoms with Crippen molar-refractivity contribution in [2.24, 2.45) is 4.99 Å². The van der Waals surface area contributed by atoms with Crippen LogP contribution in [0.1, 0.15) is 34.5 Å². The lowest BCUT2D eigenvalue weighted by molar-refractivity contribution is 0.0827. The maximum absolute atomic E-state index is 12.4. The lowest BCUT2D eigenvalue weighted by atomic mass is 10.00. The first-order valence-corrected chi connectivity index (χ1v) is 10.8. The van der Waals surface area contributed by atoms with Gasteiger partial charge < -0.3 is 19.9 Å². The maximum atomic E-state index is 12.4. The minimum atomic E-state index is -0.0952. The normalized spacial score (nSPS) is 11.5. The molecule has 0 aliphatic rings. The fraction of sp³-hybridized carbons (Fsp3) is 0.214. The van der Waals surface area contributed by atoms with Gasteiger partial charge in [0.1, 0.15) is 0 Å². The van der Waals surface area contributed by atoms with Crippen LogP contribution in [0.25, 0.3) is 10.9 Å². The molecule has 0 saturated carbocycles. The van der Waals surface area contributed by atoms with Crippen LogP contribution in [-0.4, -0.2) is 59.7 Å². The number of nitrogens with zero attached hydrogens (tertiary/aromatic N) is 3. The van der Waals surface area contributed by atoms with Crippen LogP contribution in [-0.2, 0) is 6.54 Å². The van der Waals surface area contributed by atoms with E-state index in [1.54, 1.807) is 26.2 Å². The first-order chi connectivity index (χ1) is 15.8. The highest BCUT2D eigenvalue weighted by Gasteiger charge is 2.20. The van der Waals surface area contributed by atoms with Crippen molar-refractivity contribution in [3.8, 4) is 5.88 Å². The number of H-pyrrole nitrogens is 1. The van der Waals surface area contributed by atoms with E-state index in [4.69, 9.17) is 4.99 Å². The molecule has 0 fully saturated rings. The van der Waals surface area contributed by atoms with Crippen molar-refractivity contribution >= 4 is 28.2 Å². The minimum absolute atomic E-state index is 0. The summed E-state index contributed by atoms with van der Waals surface area (Å²) in [5.41, 5.74) is 5.35. The van der Waals surface area contributed by atoms with Gasteiger partial charge in [0.15, 0.2) is 5.88 Å². The molecule has 6 heteroatoms. The summed E-state index contributed by atoms with van der Waals surface area (Å²) in [6, 6.07) is 23.3. The number of rotatable bonds is 6. The summed E-state index contributed by atoms with van der Waals surface area (Å²) in [7, 11) is 7.50. The first-order valence-electron chi connectivity index (χ1n) is 10.8. The van der Waals surface area contributed by atoms with Gasteiger partial charge in [-0.25, -0.2) is 4.99 Å². The third kappa shape index (κ3) is 5.18. The second-order valence-electron chi connectivity index (χ2n) is 8.54. The zero-order chi connectivity index (χ0) is 23.5. The number of hydrogen-bond acceptors (Lipinski definition) is 4. The predicted octanol–water partition coefficient (Wildman–Crippen LogP) is 5.44. The Balaban J connectivity index is 0.00000324. The molecule has 0 saturated heterocycles. The molecule has 176 valence electrons. The molecular formula is C28H32N4O2. The van der Waals surface area contributed by atoms with Gasteiger partial charge in [0.2, 0.25) is 0 Å². The molecule has 1 heterocycles. The molecule has 3 aromatic carbocycles. The van der Waals surface area contributed by atoms with Gasteiger partial charge in [0.25, 0.3) is 5.91 Å². The lowest BCUT2D eigenvalue weighted by Gasteiger charge is -2.11. The Morgan fingerprint density at radius 3 is 2.32 bits per heavy atom. The van der Waals surface area contributed by atoms with Gasteiger partial charge in [0.05, 0.1) is 17.0 Å². The summed E-state index contributed by atoms with van der Waals surface area (Å²) in [4.78, 5) is 24.1. The van der Waals surface area contributed by atoms with Crippen LogP contribution in [0.4, 0.5) is 5.69 Å². The quantitative estimate of drug-likeness (QED) is 0.379. The molecule has 4 aromatic rings. The summed E-state index contributed by atoms with van der Waals surface area (Å²) in [5, 5.41) is 11.7. The average Bonchev–Trinajstić information content (AvgIpc) is 3.12. The first kappa shape index (κ1) is 24.7. The van der Waals surface area contributed by atoms with Gasteiger partial charge in [-0.15, -0.1) is 0 Å². The Morgan fingerprint density at radius 1 is 0.912 bits per heavy atom. The average molecular weight is 457 g/mol. The molecular weight excluding hydrogens is 424 g/mol. The number of amides is 1. The number of hydrogen-bond donors (Lipinski definition) is 2. The van der Waals surface area contributed by atoms with Gasteiger partial charge >= 0.3 is 0 Å². The van der Waals surface area contributed by atoms with Crippen LogP contribution in [0.2, 0.25) is 0 Å². The summed E-state index contributed by atoms with van der Waals surface area (Å²) in [6.07, 6.45) is 0. The summed E-state index contributed by atoms with van der Waals surface area (Å²) >= 11 is 0. The molecule has 2 N–H and O–H groups in total. The lowest BCUT2D eigenvalue weighted by Crippen LogP contribution is -2.21. The van der Waals surface area contributed by atoms with Crippen LogP contribution >= 0.6 is 0 Å². The number of carbonyl (C=O) groups excluding carboxylic acids is 1. The molecule has 34 heavy (non-hydrogen) atoms. The SMILES string of the molecule is C.CN(C)Cc1cccc(N=C(c2ccccc2)c2c(O)[nH]c3cc(C(=O)N(C)C)ccc23)c1. The van der Waals surface area contributed by atoms with E-state index >= 15 is 0 Å². The molecule has 0 aliphatic carbocycles. The van der Waals surface area contributed by atoms with Crippen LogP contribution in [0.3, 0.4) is 0 Å². The Morgan fingerprint density at radius 2 is 1.65 bits per heavy atom. The van der Waals surface area contributed by atoms with Gasteiger partial charge in [-0.05, 0) is 43.9 Å². The zero-order valence-electron chi connectivity index (χ0n) is 19.3.